The number of fused-ring (bicyclic) bond motifs is 1. The number of carbonyl (C=O) groups excluding carboxylic acids is 1. The molecule has 2 aromatic carbocycles. The third-order valence-electron chi connectivity index (χ3n) is 5.47. The number of ether oxygens (including phenoxy) is 1. The molecule has 3 aromatic rings. The van der Waals surface area contributed by atoms with Crippen LogP contribution in [-0.2, 0) is 4.74 Å². The summed E-state index contributed by atoms with van der Waals surface area (Å²) in [4.78, 5) is 25.5. The first-order chi connectivity index (χ1) is 15.3. The van der Waals surface area contributed by atoms with Gasteiger partial charge in [0.2, 0.25) is 0 Å². The van der Waals surface area contributed by atoms with Crippen molar-refractivity contribution in [3.05, 3.63) is 68.6 Å². The molecule has 0 aliphatic carbocycles. The number of hydrogen-bond acceptors (Lipinski definition) is 6. The van der Waals surface area contributed by atoms with E-state index < -0.39 is 22.7 Å². The maximum absolute atomic E-state index is 14.7. The van der Waals surface area contributed by atoms with Crippen molar-refractivity contribution in [2.24, 2.45) is 0 Å². The minimum Gasteiger partial charge on any atom is -0.376 e. The van der Waals surface area contributed by atoms with Crippen LogP contribution in [0.4, 0.5) is 10.1 Å². The topological polar surface area (TPSA) is 113 Å². The van der Waals surface area contributed by atoms with Crippen LogP contribution in [0.1, 0.15) is 29.0 Å². The summed E-state index contributed by atoms with van der Waals surface area (Å²) in [7, 11) is 0. The van der Waals surface area contributed by atoms with Crippen molar-refractivity contribution in [2.45, 2.75) is 19.1 Å². The van der Waals surface area contributed by atoms with Gasteiger partial charge >= 0.3 is 0 Å². The Morgan fingerprint density at radius 1 is 1.47 bits per heavy atom. The number of benzene rings is 2. The number of carbonyl (C=O) groups is 1. The van der Waals surface area contributed by atoms with Gasteiger partial charge in [0.05, 0.1) is 29.2 Å². The summed E-state index contributed by atoms with van der Waals surface area (Å²) in [5.74, 6) is -0.993. The van der Waals surface area contributed by atoms with Gasteiger partial charge in [-0.1, -0.05) is 17.7 Å². The molecule has 2 atom stereocenters. The summed E-state index contributed by atoms with van der Waals surface area (Å²) in [6.07, 6.45) is -0.0525. The summed E-state index contributed by atoms with van der Waals surface area (Å²) in [6.45, 7) is 3.56. The molecule has 1 aliphatic heterocycles. The van der Waals surface area contributed by atoms with Crippen LogP contribution in [-0.4, -0.2) is 58.3 Å². The number of hydrogen-bond donors (Lipinski definition) is 2. The van der Waals surface area contributed by atoms with E-state index in [1.807, 2.05) is 11.8 Å². The number of halogens is 2. The summed E-state index contributed by atoms with van der Waals surface area (Å²) >= 11 is 6.33. The van der Waals surface area contributed by atoms with Crippen LogP contribution in [0.25, 0.3) is 10.9 Å². The first-order valence-corrected chi connectivity index (χ1v) is 10.4. The van der Waals surface area contributed by atoms with Gasteiger partial charge in [-0.3, -0.25) is 24.9 Å². The van der Waals surface area contributed by atoms with Gasteiger partial charge in [-0.25, -0.2) is 4.39 Å². The van der Waals surface area contributed by atoms with E-state index in [-0.39, 0.29) is 29.1 Å². The van der Waals surface area contributed by atoms with Crippen molar-refractivity contribution in [1.82, 2.24) is 20.4 Å². The highest BCUT2D eigenvalue weighted by atomic mass is 35.5. The van der Waals surface area contributed by atoms with E-state index in [1.54, 1.807) is 6.07 Å². The van der Waals surface area contributed by atoms with Gasteiger partial charge in [-0.05, 0) is 25.1 Å². The van der Waals surface area contributed by atoms with Crippen molar-refractivity contribution >= 4 is 34.1 Å². The monoisotopic (exact) mass is 461 g/mol. The molecule has 1 fully saturated rings. The van der Waals surface area contributed by atoms with E-state index in [4.69, 9.17) is 16.3 Å². The Labute approximate surface area is 187 Å². The Kier molecular flexibility index (Phi) is 6.35. The molecule has 11 heteroatoms. The molecule has 1 amide bonds. The Hall–Kier alpha value is -3.08. The lowest BCUT2D eigenvalue weighted by Gasteiger charge is -2.38. The van der Waals surface area contributed by atoms with Gasteiger partial charge in [0.25, 0.3) is 11.6 Å². The first kappa shape index (κ1) is 22.1. The summed E-state index contributed by atoms with van der Waals surface area (Å²) in [5, 5.41) is 21.2. The molecule has 1 aliphatic rings. The zero-order chi connectivity index (χ0) is 22.8. The van der Waals surface area contributed by atoms with Gasteiger partial charge in [-0.15, -0.1) is 0 Å². The van der Waals surface area contributed by atoms with Crippen molar-refractivity contribution in [3.63, 3.8) is 0 Å². The second-order valence-corrected chi connectivity index (χ2v) is 8.00. The molecule has 9 nitrogen and oxygen atoms in total. The van der Waals surface area contributed by atoms with Crippen LogP contribution in [0.15, 0.2) is 36.4 Å². The zero-order valence-electron chi connectivity index (χ0n) is 17.2. The van der Waals surface area contributed by atoms with E-state index in [0.717, 1.165) is 0 Å². The molecule has 0 spiro atoms. The van der Waals surface area contributed by atoms with E-state index in [0.29, 0.717) is 36.2 Å². The highest BCUT2D eigenvalue weighted by Gasteiger charge is 2.30. The fourth-order valence-corrected chi connectivity index (χ4v) is 4.22. The molecule has 1 aromatic heterocycles. The van der Waals surface area contributed by atoms with Crippen LogP contribution in [0.5, 0.6) is 0 Å². The quantitative estimate of drug-likeness (QED) is 0.429. The van der Waals surface area contributed by atoms with Gasteiger partial charge < -0.3 is 10.1 Å². The molecule has 2 heterocycles. The fourth-order valence-electron chi connectivity index (χ4n) is 3.93. The number of amides is 1. The summed E-state index contributed by atoms with van der Waals surface area (Å²) < 4.78 is 20.3. The standard InChI is InChI=1S/C21H21ClFN5O4/c1-12-11-27(7-8-32-12)18(19-15(22)3-2-4-16(19)23)10-24-21(29)20-14-9-13(28(30)31)5-6-17(14)25-26-20/h2-6,9,12,18H,7-8,10-11H2,1H3,(H,24,29)(H,25,26). The Morgan fingerprint density at radius 3 is 3.00 bits per heavy atom. The minimum atomic E-state index is -0.538. The number of morpholine rings is 1. The Bertz CT molecular complexity index is 1150. The fraction of sp³-hybridized carbons (Fsp3) is 0.333. The second kappa shape index (κ2) is 9.19. The number of nitrogens with zero attached hydrogens (tertiary/aromatic N) is 3. The van der Waals surface area contributed by atoms with Gasteiger partial charge in [0, 0.05) is 47.7 Å². The molecule has 0 saturated carbocycles. The van der Waals surface area contributed by atoms with Crippen molar-refractivity contribution in [1.29, 1.82) is 0 Å². The lowest BCUT2D eigenvalue weighted by Crippen LogP contribution is -2.47. The molecule has 32 heavy (non-hydrogen) atoms. The Morgan fingerprint density at radius 2 is 2.28 bits per heavy atom. The van der Waals surface area contributed by atoms with E-state index in [9.17, 15) is 19.3 Å². The van der Waals surface area contributed by atoms with Crippen LogP contribution in [0.3, 0.4) is 0 Å². The lowest BCUT2D eigenvalue weighted by atomic mass is 10.0. The molecular weight excluding hydrogens is 441 g/mol. The predicted octanol–water partition coefficient (Wildman–Crippen LogP) is 3.46. The molecule has 0 bridgehead atoms. The normalized spacial score (nSPS) is 17.9. The first-order valence-electron chi connectivity index (χ1n) is 10.1. The number of H-pyrrole nitrogens is 1. The van der Waals surface area contributed by atoms with Crippen LogP contribution < -0.4 is 5.32 Å². The maximum atomic E-state index is 14.7. The molecule has 0 radical (unpaired) electrons. The van der Waals surface area contributed by atoms with E-state index in [1.165, 1.54) is 30.3 Å². The average molecular weight is 462 g/mol. The average Bonchev–Trinajstić information content (AvgIpc) is 3.19. The number of nitrogens with one attached hydrogen (secondary N) is 2. The number of non-ortho nitro benzene ring substituents is 1. The third kappa shape index (κ3) is 4.43. The molecule has 4 rings (SSSR count). The highest BCUT2D eigenvalue weighted by molar-refractivity contribution is 6.31. The summed E-state index contributed by atoms with van der Waals surface area (Å²) in [5.41, 5.74) is 0.672. The smallest absolute Gasteiger partial charge is 0.272 e. The van der Waals surface area contributed by atoms with Crippen molar-refractivity contribution in [3.8, 4) is 0 Å². The second-order valence-electron chi connectivity index (χ2n) is 7.60. The maximum Gasteiger partial charge on any atom is 0.272 e. The number of nitro groups is 1. The van der Waals surface area contributed by atoms with E-state index >= 15 is 0 Å². The van der Waals surface area contributed by atoms with Crippen LogP contribution >= 0.6 is 11.6 Å². The SMILES string of the molecule is CC1CN(C(CNC(=O)c2n[nH]c3ccc([N+](=O)[O-])cc23)c2c(F)cccc2Cl)CCO1. The molecule has 2 N–H and O–H groups in total. The number of aromatic nitrogens is 2. The van der Waals surface area contributed by atoms with Crippen LogP contribution in [0.2, 0.25) is 5.02 Å². The molecule has 2 unspecified atom stereocenters. The minimum absolute atomic E-state index is 0.0254. The zero-order valence-corrected chi connectivity index (χ0v) is 17.9. The van der Waals surface area contributed by atoms with Gasteiger partial charge in [0.15, 0.2) is 5.69 Å². The number of nitro benzene ring substituents is 1. The van der Waals surface area contributed by atoms with Gasteiger partial charge in [0.1, 0.15) is 5.82 Å². The highest BCUT2D eigenvalue weighted by Crippen LogP contribution is 2.31. The molecule has 168 valence electrons. The number of aromatic amines is 1. The third-order valence-corrected chi connectivity index (χ3v) is 5.80. The summed E-state index contributed by atoms with van der Waals surface area (Å²) in [6, 6.07) is 8.06. The molecular formula is C21H21ClFN5O4. The lowest BCUT2D eigenvalue weighted by molar-refractivity contribution is -0.384. The van der Waals surface area contributed by atoms with Crippen LogP contribution in [0, 0.1) is 15.9 Å². The van der Waals surface area contributed by atoms with E-state index in [2.05, 4.69) is 15.5 Å². The van der Waals surface area contributed by atoms with Crippen molar-refractivity contribution < 1.29 is 18.8 Å². The largest absolute Gasteiger partial charge is 0.376 e. The molecule has 1 saturated heterocycles. The predicted molar refractivity (Wildman–Crippen MR) is 116 cm³/mol. The Balaban J connectivity index is 1.61. The number of rotatable bonds is 6. The van der Waals surface area contributed by atoms with Gasteiger partial charge in [-0.2, -0.15) is 5.10 Å². The van der Waals surface area contributed by atoms with Crippen molar-refractivity contribution in [2.75, 3.05) is 26.2 Å².